The van der Waals surface area contributed by atoms with E-state index < -0.39 is 0 Å². The molecule has 0 radical (unpaired) electrons. The van der Waals surface area contributed by atoms with Gasteiger partial charge in [0.25, 0.3) is 5.91 Å². The van der Waals surface area contributed by atoms with E-state index in [-0.39, 0.29) is 5.91 Å². The second kappa shape index (κ2) is 9.08. The lowest BCUT2D eigenvalue weighted by Gasteiger charge is -2.19. The fourth-order valence-electron chi connectivity index (χ4n) is 3.54. The molecule has 0 N–H and O–H groups in total. The first-order valence-electron chi connectivity index (χ1n) is 10.1. The van der Waals surface area contributed by atoms with Gasteiger partial charge in [0.1, 0.15) is 12.4 Å². The van der Waals surface area contributed by atoms with Gasteiger partial charge in [-0.1, -0.05) is 90.2 Å². The lowest BCUT2D eigenvalue weighted by Crippen LogP contribution is -2.29. The Balaban J connectivity index is 1.60. The average Bonchev–Trinajstić information content (AvgIpc) is 3.02. The molecular weight excluding hydrogens is 422 g/mol. The fourth-order valence-corrected chi connectivity index (χ4v) is 4.80. The van der Waals surface area contributed by atoms with E-state index in [1.165, 1.54) is 17.3 Å². The van der Waals surface area contributed by atoms with Crippen LogP contribution in [-0.2, 0) is 11.4 Å². The number of para-hydroxylation sites is 2. The summed E-state index contributed by atoms with van der Waals surface area (Å²) in [5.41, 5.74) is 6.10. The van der Waals surface area contributed by atoms with Crippen molar-refractivity contribution in [3.05, 3.63) is 99.5 Å². The van der Waals surface area contributed by atoms with Gasteiger partial charge in [-0.2, -0.15) is 0 Å². The van der Waals surface area contributed by atoms with Crippen LogP contribution in [0, 0.1) is 20.8 Å². The van der Waals surface area contributed by atoms with Gasteiger partial charge in [-0.05, 0) is 49.6 Å². The first kappa shape index (κ1) is 21.3. The van der Waals surface area contributed by atoms with E-state index in [9.17, 15) is 4.79 Å². The molecule has 0 aliphatic carbocycles. The summed E-state index contributed by atoms with van der Waals surface area (Å²) < 4.78 is 6.62. The standard InChI is InChI=1S/C26H23NO2S2/c1-17-11-13-20(14-12-17)16-29-22-10-5-4-9-21(22)15-23-25(28)27(26(30)31-23)24-18(2)7-6-8-19(24)3/h4-15H,16H2,1-3H3/b23-15-. The zero-order chi connectivity index (χ0) is 22.0. The Morgan fingerprint density at radius 2 is 1.61 bits per heavy atom. The van der Waals surface area contributed by atoms with Crippen molar-refractivity contribution < 1.29 is 9.53 Å². The molecule has 3 aromatic carbocycles. The summed E-state index contributed by atoms with van der Waals surface area (Å²) in [6.07, 6.45) is 1.87. The normalized spacial score (nSPS) is 15.1. The monoisotopic (exact) mass is 445 g/mol. The Bertz CT molecular complexity index is 1160. The minimum atomic E-state index is -0.0965. The van der Waals surface area contributed by atoms with Crippen LogP contribution in [0.1, 0.15) is 27.8 Å². The van der Waals surface area contributed by atoms with Gasteiger partial charge in [0, 0.05) is 5.56 Å². The van der Waals surface area contributed by atoms with E-state index >= 15 is 0 Å². The number of rotatable bonds is 5. The average molecular weight is 446 g/mol. The molecule has 0 aromatic heterocycles. The topological polar surface area (TPSA) is 29.5 Å². The number of thioether (sulfide) groups is 1. The maximum atomic E-state index is 13.3. The molecule has 1 saturated heterocycles. The fraction of sp³-hybridized carbons (Fsp3) is 0.154. The van der Waals surface area contributed by atoms with Crippen LogP contribution in [0.4, 0.5) is 5.69 Å². The third kappa shape index (κ3) is 4.58. The van der Waals surface area contributed by atoms with E-state index in [0.717, 1.165) is 33.7 Å². The summed E-state index contributed by atoms with van der Waals surface area (Å²) in [5, 5.41) is 0. The summed E-state index contributed by atoms with van der Waals surface area (Å²) in [7, 11) is 0. The van der Waals surface area contributed by atoms with Gasteiger partial charge in [-0.25, -0.2) is 0 Å². The number of carbonyl (C=O) groups is 1. The molecule has 1 heterocycles. The minimum absolute atomic E-state index is 0.0965. The van der Waals surface area contributed by atoms with Crippen molar-refractivity contribution in [3.8, 4) is 5.75 Å². The summed E-state index contributed by atoms with van der Waals surface area (Å²) in [5.74, 6) is 0.640. The largest absolute Gasteiger partial charge is 0.488 e. The summed E-state index contributed by atoms with van der Waals surface area (Å²) >= 11 is 6.89. The molecule has 1 amide bonds. The van der Waals surface area contributed by atoms with Crippen molar-refractivity contribution in [1.82, 2.24) is 0 Å². The van der Waals surface area contributed by atoms with Gasteiger partial charge >= 0.3 is 0 Å². The maximum Gasteiger partial charge on any atom is 0.270 e. The Kier molecular flexibility index (Phi) is 6.25. The smallest absolute Gasteiger partial charge is 0.270 e. The second-order valence-corrected chi connectivity index (χ2v) is 9.25. The van der Waals surface area contributed by atoms with Gasteiger partial charge < -0.3 is 4.74 Å². The lowest BCUT2D eigenvalue weighted by atomic mass is 10.1. The van der Waals surface area contributed by atoms with Crippen LogP contribution in [0.2, 0.25) is 0 Å². The summed E-state index contributed by atoms with van der Waals surface area (Å²) in [6, 6.07) is 22.0. The third-order valence-electron chi connectivity index (χ3n) is 5.18. The molecule has 0 unspecified atom stereocenters. The van der Waals surface area contributed by atoms with Crippen LogP contribution in [0.3, 0.4) is 0 Å². The number of hydrogen-bond donors (Lipinski definition) is 0. The molecule has 1 aliphatic heterocycles. The van der Waals surface area contributed by atoms with Gasteiger partial charge in [0.05, 0.1) is 10.6 Å². The van der Waals surface area contributed by atoms with E-state index in [4.69, 9.17) is 17.0 Å². The number of nitrogens with zero attached hydrogens (tertiary/aromatic N) is 1. The Hall–Kier alpha value is -2.89. The number of benzene rings is 3. The van der Waals surface area contributed by atoms with Crippen molar-refractivity contribution in [1.29, 1.82) is 0 Å². The van der Waals surface area contributed by atoms with Crippen LogP contribution in [-0.4, -0.2) is 10.2 Å². The highest BCUT2D eigenvalue weighted by Crippen LogP contribution is 2.39. The zero-order valence-electron chi connectivity index (χ0n) is 17.7. The maximum absolute atomic E-state index is 13.3. The van der Waals surface area contributed by atoms with Crippen molar-refractivity contribution in [2.75, 3.05) is 4.90 Å². The molecule has 4 rings (SSSR count). The molecule has 3 nitrogen and oxygen atoms in total. The highest BCUT2D eigenvalue weighted by Gasteiger charge is 2.35. The van der Waals surface area contributed by atoms with Crippen LogP contribution in [0.15, 0.2) is 71.6 Å². The molecular formula is C26H23NO2S2. The van der Waals surface area contributed by atoms with Gasteiger partial charge in [-0.3, -0.25) is 9.69 Å². The van der Waals surface area contributed by atoms with Crippen LogP contribution in [0.25, 0.3) is 6.08 Å². The molecule has 5 heteroatoms. The van der Waals surface area contributed by atoms with Crippen LogP contribution in [0.5, 0.6) is 5.75 Å². The predicted octanol–water partition coefficient (Wildman–Crippen LogP) is 6.60. The van der Waals surface area contributed by atoms with Crippen molar-refractivity contribution in [2.24, 2.45) is 0 Å². The molecule has 0 saturated carbocycles. The summed E-state index contributed by atoms with van der Waals surface area (Å²) in [4.78, 5) is 15.5. The zero-order valence-corrected chi connectivity index (χ0v) is 19.3. The van der Waals surface area contributed by atoms with Gasteiger partial charge in [-0.15, -0.1) is 0 Å². The quantitative estimate of drug-likeness (QED) is 0.327. The van der Waals surface area contributed by atoms with Crippen molar-refractivity contribution >= 4 is 46.0 Å². The van der Waals surface area contributed by atoms with Crippen molar-refractivity contribution in [3.63, 3.8) is 0 Å². The molecule has 3 aromatic rings. The highest BCUT2D eigenvalue weighted by atomic mass is 32.2. The first-order chi connectivity index (χ1) is 14.9. The van der Waals surface area contributed by atoms with Gasteiger partial charge in [0.15, 0.2) is 4.32 Å². The minimum Gasteiger partial charge on any atom is -0.488 e. The lowest BCUT2D eigenvalue weighted by molar-refractivity contribution is -0.113. The molecule has 156 valence electrons. The molecule has 1 fully saturated rings. The Morgan fingerprint density at radius 3 is 2.32 bits per heavy atom. The van der Waals surface area contributed by atoms with E-state index in [0.29, 0.717) is 15.8 Å². The number of amides is 1. The molecule has 1 aliphatic rings. The van der Waals surface area contributed by atoms with E-state index in [2.05, 4.69) is 31.2 Å². The number of anilines is 1. The number of hydrogen-bond acceptors (Lipinski definition) is 4. The van der Waals surface area contributed by atoms with Crippen LogP contribution >= 0.6 is 24.0 Å². The number of thiocarbonyl (C=S) groups is 1. The summed E-state index contributed by atoms with van der Waals surface area (Å²) in [6.45, 7) is 6.53. The van der Waals surface area contributed by atoms with Crippen LogP contribution < -0.4 is 9.64 Å². The second-order valence-electron chi connectivity index (χ2n) is 7.57. The van der Waals surface area contributed by atoms with Crippen molar-refractivity contribution in [2.45, 2.75) is 27.4 Å². The first-order valence-corrected chi connectivity index (χ1v) is 11.3. The number of aryl methyl sites for hydroxylation is 3. The highest BCUT2D eigenvalue weighted by molar-refractivity contribution is 8.27. The molecule has 0 spiro atoms. The molecule has 0 atom stereocenters. The Morgan fingerprint density at radius 1 is 0.935 bits per heavy atom. The number of ether oxygens (including phenoxy) is 1. The van der Waals surface area contributed by atoms with E-state index in [1.54, 1.807) is 4.90 Å². The Labute approximate surface area is 192 Å². The number of carbonyl (C=O) groups excluding carboxylic acids is 1. The third-order valence-corrected chi connectivity index (χ3v) is 6.48. The van der Waals surface area contributed by atoms with E-state index in [1.807, 2.05) is 62.4 Å². The molecule has 31 heavy (non-hydrogen) atoms. The SMILES string of the molecule is Cc1ccc(COc2ccccc2/C=C2\SC(=S)N(c3c(C)cccc3C)C2=O)cc1. The van der Waals surface area contributed by atoms with Gasteiger partial charge in [0.2, 0.25) is 0 Å². The molecule has 0 bridgehead atoms. The predicted molar refractivity (Wildman–Crippen MR) is 134 cm³/mol.